The molecule has 3 N–H and O–H groups in total. The van der Waals surface area contributed by atoms with Crippen molar-refractivity contribution in [3.05, 3.63) is 59.2 Å². The van der Waals surface area contributed by atoms with Crippen molar-refractivity contribution >= 4 is 11.7 Å². The van der Waals surface area contributed by atoms with Gasteiger partial charge in [-0.15, -0.1) is 0 Å². The third kappa shape index (κ3) is 6.26. The number of amides is 1. The van der Waals surface area contributed by atoms with E-state index in [4.69, 9.17) is 5.84 Å². The van der Waals surface area contributed by atoms with Crippen molar-refractivity contribution in [1.82, 2.24) is 15.4 Å². The fourth-order valence-corrected chi connectivity index (χ4v) is 2.19. The van der Waals surface area contributed by atoms with Crippen LogP contribution in [0.3, 0.4) is 0 Å². The number of hydrazine groups is 1. The molecule has 6 nitrogen and oxygen atoms in total. The zero-order chi connectivity index (χ0) is 16.7. The maximum absolute atomic E-state index is 11.2. The van der Waals surface area contributed by atoms with Gasteiger partial charge in [0.2, 0.25) is 5.91 Å². The summed E-state index contributed by atoms with van der Waals surface area (Å²) in [6.45, 7) is 1.54. The van der Waals surface area contributed by atoms with Crippen molar-refractivity contribution < 1.29 is 9.59 Å². The van der Waals surface area contributed by atoms with Gasteiger partial charge in [-0.25, -0.2) is 5.84 Å². The van der Waals surface area contributed by atoms with E-state index in [1.165, 1.54) is 6.92 Å². The molecule has 0 aliphatic heterocycles. The molecule has 1 amide bonds. The molecule has 0 atom stereocenters. The Morgan fingerprint density at radius 2 is 1.54 bits per heavy atom. The smallest absolute Gasteiger partial charge is 0.238 e. The Labute approximate surface area is 142 Å². The van der Waals surface area contributed by atoms with Crippen LogP contribution in [0.25, 0.3) is 0 Å². The molecule has 1 aromatic carbocycles. The topological polar surface area (TPSA) is 98.0 Å². The molecule has 0 aliphatic rings. The fourth-order valence-electron chi connectivity index (χ4n) is 2.19. The van der Waals surface area contributed by atoms with E-state index in [0.29, 0.717) is 12.1 Å². The predicted molar refractivity (Wildman–Crippen MR) is 93.0 cm³/mol. The molecule has 0 radical (unpaired) electrons. The second kappa shape index (κ2) is 9.52. The lowest BCUT2D eigenvalue weighted by molar-refractivity contribution is -0.120. The third-order valence-electron chi connectivity index (χ3n) is 3.41. The van der Waals surface area contributed by atoms with Gasteiger partial charge in [-0.05, 0) is 30.9 Å². The summed E-state index contributed by atoms with van der Waals surface area (Å²) in [7, 11) is 0. The second-order valence-electron chi connectivity index (χ2n) is 5.44. The number of rotatable bonds is 7. The van der Waals surface area contributed by atoms with Crippen molar-refractivity contribution in [1.29, 1.82) is 0 Å². The summed E-state index contributed by atoms with van der Waals surface area (Å²) in [5.74, 6) is 4.94. The van der Waals surface area contributed by atoms with Gasteiger partial charge in [0.05, 0.1) is 17.8 Å². The lowest BCUT2D eigenvalue weighted by atomic mass is 10.0. The molecule has 2 aromatic rings. The number of nitrogens with two attached hydrogens (primary N) is 1. The average molecular weight is 328 g/mol. The molecule has 0 unspecified atom stereocenters. The molecule has 0 spiro atoms. The molecule has 0 bridgehead atoms. The summed E-state index contributed by atoms with van der Waals surface area (Å²) in [6, 6.07) is 7.84. The van der Waals surface area contributed by atoms with Crippen molar-refractivity contribution in [2.75, 3.05) is 0 Å². The Hall–Kier alpha value is -2.60. The number of carbonyl (C=O) groups excluding carboxylic acids is 2. The zero-order valence-corrected chi connectivity index (χ0v) is 13.1. The van der Waals surface area contributed by atoms with Crippen molar-refractivity contribution in [2.45, 2.75) is 40.0 Å². The van der Waals surface area contributed by atoms with Gasteiger partial charge in [-0.3, -0.25) is 25.0 Å². The van der Waals surface area contributed by atoms with E-state index in [9.17, 15) is 9.59 Å². The second-order valence-corrected chi connectivity index (χ2v) is 5.44. The van der Waals surface area contributed by atoms with E-state index < -0.39 is 0 Å². The van der Waals surface area contributed by atoms with Gasteiger partial charge in [0.1, 0.15) is 5.78 Å². The van der Waals surface area contributed by atoms with E-state index in [-0.39, 0.29) is 25.5 Å². The number of carbonyl (C=O) groups is 2. The quantitative estimate of drug-likeness (QED) is 0.457. The molecule has 2 rings (SSSR count). The van der Waals surface area contributed by atoms with Crippen LogP contribution in [0.4, 0.5) is 0 Å². The fraction of sp³-hybridized carbons (Fsp3) is 0.333. The number of aryl methyl sites for hydroxylation is 2. The molecule has 6 heteroatoms. The Kier molecular flexibility index (Phi) is 7.71. The molecule has 24 heavy (non-hydrogen) atoms. The third-order valence-corrected chi connectivity index (χ3v) is 3.41. The summed E-state index contributed by atoms with van der Waals surface area (Å²) in [5.41, 5.74) is 5.79. The Morgan fingerprint density at radius 3 is 2.08 bits per heavy atom. The van der Waals surface area contributed by atoms with Crippen LogP contribution in [0.5, 0.6) is 0 Å². The van der Waals surface area contributed by atoms with E-state index in [0.717, 1.165) is 29.7 Å². The minimum atomic E-state index is -0.210. The van der Waals surface area contributed by atoms with Gasteiger partial charge >= 0.3 is 0 Å². The highest BCUT2D eigenvalue weighted by Gasteiger charge is 2.03. The van der Waals surface area contributed by atoms with Crippen LogP contribution in [-0.4, -0.2) is 21.7 Å². The van der Waals surface area contributed by atoms with E-state index in [1.54, 1.807) is 12.4 Å². The molecule has 0 saturated carbocycles. The van der Waals surface area contributed by atoms with Gasteiger partial charge < -0.3 is 0 Å². The summed E-state index contributed by atoms with van der Waals surface area (Å²) in [4.78, 5) is 30.8. The number of nitrogens with zero attached hydrogens (tertiary/aromatic N) is 2. The Morgan fingerprint density at radius 1 is 0.958 bits per heavy atom. The number of Topliss-reactive ketones (excluding diaryl/α,β-unsaturated/α-hetero) is 1. The van der Waals surface area contributed by atoms with Crippen molar-refractivity contribution in [3.63, 3.8) is 0 Å². The maximum atomic E-state index is 11.2. The average Bonchev–Trinajstić information content (AvgIpc) is 2.55. The normalized spacial score (nSPS) is 9.92. The number of nitrogens with one attached hydrogen (secondary N) is 1. The standard InChI is InChI=1S/C17H20N4O2.CH4/c1-12(22)8-16-11-19-15(10-20-16)7-6-13-2-4-14(5-3-13)9-17(23)21-18;/h2-5,10-11H,6-9,18H2,1H3,(H,21,23);1H4. The minimum Gasteiger partial charge on any atom is -0.300 e. The molecule has 1 heterocycles. The Bertz CT molecular complexity index is 666. The highest BCUT2D eigenvalue weighted by Crippen LogP contribution is 2.09. The zero-order valence-electron chi connectivity index (χ0n) is 13.1. The van der Waals surface area contributed by atoms with Crippen LogP contribution in [0.15, 0.2) is 36.7 Å². The van der Waals surface area contributed by atoms with Crippen LogP contribution in [-0.2, 0) is 35.3 Å². The highest BCUT2D eigenvalue weighted by molar-refractivity contribution is 5.78. The van der Waals surface area contributed by atoms with Crippen molar-refractivity contribution in [2.24, 2.45) is 5.84 Å². The van der Waals surface area contributed by atoms with E-state index in [1.807, 2.05) is 24.3 Å². The largest absolute Gasteiger partial charge is 0.300 e. The van der Waals surface area contributed by atoms with Crippen LogP contribution in [0.2, 0.25) is 0 Å². The van der Waals surface area contributed by atoms with Gasteiger partial charge in [-0.1, -0.05) is 31.7 Å². The first kappa shape index (κ1) is 19.4. The SMILES string of the molecule is C.CC(=O)Cc1cnc(CCc2ccc(CC(=O)NN)cc2)cn1. The first-order chi connectivity index (χ1) is 11.1. The monoisotopic (exact) mass is 328 g/mol. The van der Waals surface area contributed by atoms with Crippen LogP contribution < -0.4 is 11.3 Å². The molecule has 0 fully saturated rings. The summed E-state index contributed by atoms with van der Waals surface area (Å²) < 4.78 is 0. The predicted octanol–water partition coefficient (Wildman–Crippen LogP) is 1.56. The number of ketones is 1. The molecular weight excluding hydrogens is 304 g/mol. The van der Waals surface area contributed by atoms with Gasteiger partial charge in [-0.2, -0.15) is 0 Å². The van der Waals surface area contributed by atoms with Gasteiger partial charge in [0, 0.05) is 18.8 Å². The molecule has 0 aliphatic carbocycles. The Balaban J connectivity index is 0.00000288. The number of benzene rings is 1. The lowest BCUT2D eigenvalue weighted by Crippen LogP contribution is -2.31. The number of hydrogen-bond donors (Lipinski definition) is 2. The van der Waals surface area contributed by atoms with Crippen LogP contribution in [0, 0.1) is 0 Å². The maximum Gasteiger partial charge on any atom is 0.238 e. The number of hydrogen-bond acceptors (Lipinski definition) is 5. The first-order valence-electron chi connectivity index (χ1n) is 7.43. The lowest BCUT2D eigenvalue weighted by Gasteiger charge is -2.04. The summed E-state index contributed by atoms with van der Waals surface area (Å²) in [5, 5.41) is 0. The summed E-state index contributed by atoms with van der Waals surface area (Å²) >= 11 is 0. The van der Waals surface area contributed by atoms with Crippen LogP contribution >= 0.6 is 0 Å². The molecule has 0 saturated heterocycles. The molecular formula is C18H24N4O2. The summed E-state index contributed by atoms with van der Waals surface area (Å²) in [6.07, 6.45) is 5.59. The molecule has 1 aromatic heterocycles. The van der Waals surface area contributed by atoms with Crippen LogP contribution in [0.1, 0.15) is 36.9 Å². The first-order valence-corrected chi connectivity index (χ1v) is 7.43. The van der Waals surface area contributed by atoms with Crippen molar-refractivity contribution in [3.8, 4) is 0 Å². The highest BCUT2D eigenvalue weighted by atomic mass is 16.2. The van der Waals surface area contributed by atoms with E-state index >= 15 is 0 Å². The van der Waals surface area contributed by atoms with E-state index in [2.05, 4.69) is 15.4 Å². The molecule has 128 valence electrons. The van der Waals surface area contributed by atoms with Gasteiger partial charge in [0.15, 0.2) is 0 Å². The number of aromatic nitrogens is 2. The minimum absolute atomic E-state index is 0. The van der Waals surface area contributed by atoms with Gasteiger partial charge in [0.25, 0.3) is 0 Å².